The minimum atomic E-state index is -2.74. The molecule has 2 saturated carbocycles. The number of aliphatic hydroxyl groups is 1. The number of carbonyl (C=O) groups excluding carboxylic acids is 5. The highest BCUT2D eigenvalue weighted by Gasteiger charge is 2.69. The van der Waals surface area contributed by atoms with Crippen molar-refractivity contribution in [1.82, 2.24) is 4.90 Å². The Morgan fingerprint density at radius 2 is 1.76 bits per heavy atom. The van der Waals surface area contributed by atoms with E-state index in [9.17, 15) is 34.2 Å². The maximum atomic E-state index is 13.9. The average molecular weight is 520 g/mol. The number of benzene rings is 2. The van der Waals surface area contributed by atoms with Crippen molar-refractivity contribution < 1.29 is 34.2 Å². The lowest BCUT2D eigenvalue weighted by atomic mass is 9.52. The van der Waals surface area contributed by atoms with Crippen LogP contribution in [0.15, 0.2) is 30.3 Å². The molecule has 6 atom stereocenters. The number of nitrogens with two attached hydrogens (primary N) is 2. The summed E-state index contributed by atoms with van der Waals surface area (Å²) in [6.07, 6.45) is 0.179. The molecule has 198 valence electrons. The number of phenolic OH excluding ortho intramolecular Hbond substituents is 1. The fraction of sp³-hybridized carbons (Fsp3) is 0.393. The molecule has 10 nitrogen and oxygen atoms in total. The zero-order valence-corrected chi connectivity index (χ0v) is 21.2. The molecule has 0 aromatic heterocycles. The second-order valence-electron chi connectivity index (χ2n) is 10.8. The Kier molecular flexibility index (Phi) is 5.81. The molecule has 0 aliphatic heterocycles. The van der Waals surface area contributed by atoms with Crippen molar-refractivity contribution in [2.75, 3.05) is 19.8 Å². The summed E-state index contributed by atoms with van der Waals surface area (Å²) in [6.45, 7) is 1.87. The first-order valence-electron chi connectivity index (χ1n) is 12.4. The quantitative estimate of drug-likeness (QED) is 0.330. The number of phenols is 1. The van der Waals surface area contributed by atoms with Gasteiger partial charge >= 0.3 is 0 Å². The van der Waals surface area contributed by atoms with Crippen LogP contribution in [0.1, 0.15) is 27.9 Å². The number of nitrogen functional groups attached to an aromatic ring is 1. The van der Waals surface area contributed by atoms with Crippen LogP contribution < -0.4 is 11.5 Å². The number of hydrogen-bond donors (Lipinski definition) is 4. The van der Waals surface area contributed by atoms with Gasteiger partial charge in [0.1, 0.15) is 5.75 Å². The highest BCUT2D eigenvalue weighted by molar-refractivity contribution is 6.32. The van der Waals surface area contributed by atoms with Crippen LogP contribution in [0.3, 0.4) is 0 Å². The topological polar surface area (TPSA) is 181 Å². The number of ketones is 4. The van der Waals surface area contributed by atoms with Crippen molar-refractivity contribution in [2.45, 2.75) is 31.4 Å². The summed E-state index contributed by atoms with van der Waals surface area (Å²) in [5, 5.41) is 22.3. The zero-order chi connectivity index (χ0) is 27.8. The van der Waals surface area contributed by atoms with Gasteiger partial charge in [0.05, 0.1) is 17.5 Å². The van der Waals surface area contributed by atoms with Crippen molar-refractivity contribution >= 4 is 34.7 Å². The van der Waals surface area contributed by atoms with Crippen LogP contribution in [0, 0.1) is 30.6 Å². The number of fused-ring (bicyclic) bond motifs is 3. The summed E-state index contributed by atoms with van der Waals surface area (Å²) in [4.78, 5) is 67.7. The van der Waals surface area contributed by atoms with Gasteiger partial charge in [0.25, 0.3) is 0 Å². The Labute approximate surface area is 218 Å². The molecule has 2 aromatic rings. The molecule has 10 heteroatoms. The van der Waals surface area contributed by atoms with Gasteiger partial charge in [0, 0.05) is 11.6 Å². The lowest BCUT2D eigenvalue weighted by Gasteiger charge is -2.52. The number of carbonyl (C=O) groups is 5. The molecular formula is C28H29N3O7. The third-order valence-corrected chi connectivity index (χ3v) is 8.54. The van der Waals surface area contributed by atoms with Gasteiger partial charge in [-0.15, -0.1) is 0 Å². The van der Waals surface area contributed by atoms with Gasteiger partial charge in [-0.3, -0.25) is 28.9 Å². The van der Waals surface area contributed by atoms with Crippen molar-refractivity contribution in [2.24, 2.45) is 29.4 Å². The molecule has 2 fully saturated rings. The molecule has 0 bridgehead atoms. The van der Waals surface area contributed by atoms with Crippen LogP contribution in [0.2, 0.25) is 0 Å². The van der Waals surface area contributed by atoms with Gasteiger partial charge in [-0.05, 0) is 74.2 Å². The third kappa shape index (κ3) is 3.36. The van der Waals surface area contributed by atoms with Gasteiger partial charge in [0.15, 0.2) is 34.7 Å². The van der Waals surface area contributed by atoms with Crippen LogP contribution in [-0.4, -0.2) is 69.9 Å². The van der Waals surface area contributed by atoms with Gasteiger partial charge < -0.3 is 21.7 Å². The van der Waals surface area contributed by atoms with E-state index >= 15 is 0 Å². The lowest BCUT2D eigenvalue weighted by Crippen LogP contribution is -2.74. The molecule has 0 heterocycles. The number of rotatable bonds is 3. The summed E-state index contributed by atoms with van der Waals surface area (Å²) in [5.74, 6) is -10.7. The van der Waals surface area contributed by atoms with Crippen molar-refractivity contribution in [1.29, 1.82) is 0 Å². The summed E-state index contributed by atoms with van der Waals surface area (Å²) in [6, 6.07) is 7.37. The molecule has 38 heavy (non-hydrogen) atoms. The summed E-state index contributed by atoms with van der Waals surface area (Å²) in [5.41, 5.74) is 12.0. The number of likely N-dealkylation sites (N-methyl/N-ethyl adjacent to an activating group) is 1. The first-order valence-corrected chi connectivity index (χ1v) is 12.4. The molecule has 5 rings (SSSR count). The number of anilines is 1. The zero-order valence-electron chi connectivity index (χ0n) is 21.2. The molecule has 0 saturated heterocycles. The van der Waals surface area contributed by atoms with Crippen molar-refractivity contribution in [3.05, 3.63) is 47.0 Å². The second kappa shape index (κ2) is 8.57. The van der Waals surface area contributed by atoms with Crippen LogP contribution in [0.4, 0.5) is 5.69 Å². The van der Waals surface area contributed by atoms with E-state index in [2.05, 4.69) is 0 Å². The Bertz CT molecular complexity index is 1450. The van der Waals surface area contributed by atoms with E-state index in [4.69, 9.17) is 11.5 Å². The molecule has 3 aliphatic rings. The van der Waals surface area contributed by atoms with E-state index in [1.165, 1.54) is 11.0 Å². The van der Waals surface area contributed by atoms with Crippen LogP contribution in [0.25, 0.3) is 11.1 Å². The number of primary amides is 1. The first-order chi connectivity index (χ1) is 17.8. The van der Waals surface area contributed by atoms with E-state index in [1.54, 1.807) is 26.2 Å². The van der Waals surface area contributed by atoms with Gasteiger partial charge in [-0.2, -0.15) is 0 Å². The summed E-state index contributed by atoms with van der Waals surface area (Å²) in [7, 11) is 3.10. The van der Waals surface area contributed by atoms with Crippen LogP contribution in [-0.2, 0) is 25.6 Å². The number of amides is 1. The van der Waals surface area contributed by atoms with Gasteiger partial charge in [0.2, 0.25) is 5.91 Å². The lowest BCUT2D eigenvalue weighted by molar-refractivity contribution is -0.181. The highest BCUT2D eigenvalue weighted by atomic mass is 16.3. The minimum absolute atomic E-state index is 0.00493. The van der Waals surface area contributed by atoms with Crippen molar-refractivity contribution in [3.8, 4) is 16.9 Å². The van der Waals surface area contributed by atoms with E-state index in [0.29, 0.717) is 16.8 Å². The third-order valence-electron chi connectivity index (χ3n) is 8.54. The van der Waals surface area contributed by atoms with Crippen LogP contribution >= 0.6 is 0 Å². The molecule has 0 radical (unpaired) electrons. The molecule has 2 aromatic carbocycles. The van der Waals surface area contributed by atoms with E-state index in [1.807, 2.05) is 19.1 Å². The average Bonchev–Trinajstić information content (AvgIpc) is 2.83. The predicted molar refractivity (Wildman–Crippen MR) is 136 cm³/mol. The van der Waals surface area contributed by atoms with E-state index in [0.717, 1.165) is 11.1 Å². The molecule has 6 N–H and O–H groups in total. The fourth-order valence-corrected chi connectivity index (χ4v) is 6.68. The van der Waals surface area contributed by atoms with Crippen LogP contribution in [0.5, 0.6) is 5.75 Å². The number of nitrogens with zero attached hydrogens (tertiary/aromatic N) is 1. The number of aromatic hydroxyl groups is 1. The minimum Gasteiger partial charge on any atom is -0.507 e. The Morgan fingerprint density at radius 1 is 1.08 bits per heavy atom. The summed E-state index contributed by atoms with van der Waals surface area (Å²) < 4.78 is 0. The standard InChI is InChI=1S/C28H29N3O7/c1-11-4-5-12(10-17(11)29)14-6-7-18(32)20-15(14)8-13-9-16-22(31(2)3)24(34)21(27(30)37)26(36)28(16,38)25(35)19(13)23(20)33/h4-7,10,13,16,19,21-22,32,38H,8-9,29H2,1-3H3,(H2,30,37). The maximum absolute atomic E-state index is 13.9. The Hall–Kier alpha value is -3.89. The van der Waals surface area contributed by atoms with Gasteiger partial charge in [-0.25, -0.2) is 0 Å². The highest BCUT2D eigenvalue weighted by Crippen LogP contribution is 2.51. The SMILES string of the molecule is Cc1ccc(-c2ccc(O)c3c2CC2CC4C(N(C)C)C(=O)C(C(N)=O)C(=O)C4(O)C(=O)C2C3=O)cc1N. The van der Waals surface area contributed by atoms with E-state index in [-0.39, 0.29) is 24.2 Å². The number of aryl methyl sites for hydroxylation is 1. The Morgan fingerprint density at radius 3 is 2.37 bits per heavy atom. The molecule has 6 unspecified atom stereocenters. The molecule has 3 aliphatic carbocycles. The fourth-order valence-electron chi connectivity index (χ4n) is 6.68. The second-order valence-corrected chi connectivity index (χ2v) is 10.8. The maximum Gasteiger partial charge on any atom is 0.235 e. The molecular weight excluding hydrogens is 490 g/mol. The van der Waals surface area contributed by atoms with Crippen molar-refractivity contribution in [3.63, 3.8) is 0 Å². The number of hydrogen-bond acceptors (Lipinski definition) is 9. The van der Waals surface area contributed by atoms with Gasteiger partial charge in [-0.1, -0.05) is 18.2 Å². The largest absolute Gasteiger partial charge is 0.507 e. The van der Waals surface area contributed by atoms with E-state index < -0.39 is 64.4 Å². The smallest absolute Gasteiger partial charge is 0.235 e. The predicted octanol–water partition coefficient (Wildman–Crippen LogP) is 0.425. The first kappa shape index (κ1) is 25.7. The molecule has 0 spiro atoms. The summed E-state index contributed by atoms with van der Waals surface area (Å²) >= 11 is 0. The normalized spacial score (nSPS) is 30.6. The monoisotopic (exact) mass is 519 g/mol. The Balaban J connectivity index is 1.66. The number of Topliss-reactive ketones (excluding diaryl/α,β-unsaturated/α-hetero) is 4. The molecule has 1 amide bonds.